The smallest absolute Gasteiger partial charge is 0.407 e. The summed E-state index contributed by atoms with van der Waals surface area (Å²) in [7, 11) is 1.39. The van der Waals surface area contributed by atoms with Crippen molar-refractivity contribution in [3.63, 3.8) is 0 Å². The van der Waals surface area contributed by atoms with Gasteiger partial charge in [-0.25, -0.2) is 4.79 Å². The van der Waals surface area contributed by atoms with E-state index in [1.807, 2.05) is 0 Å². The number of alkyl carbamates (subject to hydrolysis) is 1. The van der Waals surface area contributed by atoms with Crippen LogP contribution in [0.2, 0.25) is 0 Å². The number of carbonyl (C=O) groups excluding carboxylic acids is 1. The number of amides is 1. The van der Waals surface area contributed by atoms with Crippen LogP contribution in [0.15, 0.2) is 24.3 Å². The number of rotatable bonds is 8. The van der Waals surface area contributed by atoms with E-state index < -0.39 is 0 Å². The molecule has 0 aromatic heterocycles. The molecule has 2 atom stereocenters. The van der Waals surface area contributed by atoms with Crippen molar-refractivity contribution in [1.29, 1.82) is 0 Å². The normalized spacial score (nSPS) is 23.6. The summed E-state index contributed by atoms with van der Waals surface area (Å²) in [5, 5.41) is 2.73. The largest absolute Gasteiger partial charge is 0.453 e. The number of hydrogen-bond donors (Lipinski definition) is 1. The fourth-order valence-corrected chi connectivity index (χ4v) is 3.96. The molecule has 1 saturated heterocycles. The number of unbranched alkanes of at least 4 members (excludes halogenated alkanes) is 3. The monoisotopic (exact) mass is 360 g/mol. The Morgan fingerprint density at radius 3 is 2.62 bits per heavy atom. The molecule has 1 aromatic carbocycles. The lowest BCUT2D eigenvalue weighted by molar-refractivity contribution is 0.109. The van der Waals surface area contributed by atoms with Crippen LogP contribution in [0.1, 0.15) is 64.0 Å². The molecule has 0 spiro atoms. The molecule has 0 radical (unpaired) electrons. The molecule has 0 bridgehead atoms. The molecule has 0 saturated carbocycles. The lowest BCUT2D eigenvalue weighted by Gasteiger charge is -2.45. The van der Waals surface area contributed by atoms with Crippen LogP contribution in [-0.4, -0.2) is 37.7 Å². The van der Waals surface area contributed by atoms with E-state index in [1.54, 1.807) is 0 Å². The zero-order chi connectivity index (χ0) is 19.0. The number of benzene rings is 1. The number of methoxy groups -OCH3 is 1. The molecule has 1 amide bonds. The Morgan fingerprint density at radius 1 is 1.27 bits per heavy atom. The van der Waals surface area contributed by atoms with Crippen molar-refractivity contribution >= 4 is 6.09 Å². The van der Waals surface area contributed by atoms with Gasteiger partial charge in [-0.05, 0) is 48.4 Å². The second kappa shape index (κ2) is 9.96. The van der Waals surface area contributed by atoms with Crippen LogP contribution in [0.4, 0.5) is 4.79 Å². The number of nitrogens with one attached hydrogen (secondary N) is 1. The Kier molecular flexibility index (Phi) is 7.95. The summed E-state index contributed by atoms with van der Waals surface area (Å²) in [4.78, 5) is 13.8. The second-order valence-corrected chi connectivity index (χ2v) is 7.97. The molecule has 2 unspecified atom stereocenters. The van der Waals surface area contributed by atoms with Crippen LogP contribution in [0.25, 0.3) is 0 Å². The molecule has 2 rings (SSSR count). The van der Waals surface area contributed by atoms with Crippen LogP contribution in [0.3, 0.4) is 0 Å². The molecule has 1 aliphatic heterocycles. The Labute approximate surface area is 159 Å². The molecule has 4 nitrogen and oxygen atoms in total. The van der Waals surface area contributed by atoms with E-state index in [-0.39, 0.29) is 11.5 Å². The van der Waals surface area contributed by atoms with Crippen LogP contribution >= 0.6 is 0 Å². The first-order chi connectivity index (χ1) is 12.5. The number of carbonyl (C=O) groups is 1. The van der Waals surface area contributed by atoms with Gasteiger partial charge in [-0.15, -0.1) is 0 Å². The molecule has 146 valence electrons. The molecular formula is C22H36N2O2. The molecule has 1 aliphatic rings. The standard InChI is InChI=1S/C22H36N2O2/c1-5-6-7-8-14-24-15-13-22(3,18(2)17-24)20-11-9-19(10-12-20)16-23-21(25)26-4/h9-12,18H,5-8,13-17H2,1-4H3,(H,23,25). The molecule has 1 aromatic rings. The van der Waals surface area contributed by atoms with E-state index in [0.29, 0.717) is 12.5 Å². The third-order valence-electron chi connectivity index (χ3n) is 6.13. The van der Waals surface area contributed by atoms with Crippen molar-refractivity contribution in [2.75, 3.05) is 26.7 Å². The van der Waals surface area contributed by atoms with E-state index in [9.17, 15) is 4.79 Å². The number of hydrogen-bond acceptors (Lipinski definition) is 3. The predicted octanol–water partition coefficient (Wildman–Crippen LogP) is 4.72. The maximum Gasteiger partial charge on any atom is 0.407 e. The Hall–Kier alpha value is -1.55. The van der Waals surface area contributed by atoms with E-state index in [4.69, 9.17) is 0 Å². The van der Waals surface area contributed by atoms with Gasteiger partial charge < -0.3 is 15.0 Å². The summed E-state index contributed by atoms with van der Waals surface area (Å²) in [6.45, 7) is 11.2. The van der Waals surface area contributed by atoms with E-state index in [0.717, 1.165) is 5.56 Å². The van der Waals surface area contributed by atoms with Crippen molar-refractivity contribution in [2.24, 2.45) is 5.92 Å². The first-order valence-corrected chi connectivity index (χ1v) is 10.1. The number of piperidine rings is 1. The topological polar surface area (TPSA) is 41.6 Å². The molecule has 26 heavy (non-hydrogen) atoms. The van der Waals surface area contributed by atoms with Crippen LogP contribution in [-0.2, 0) is 16.7 Å². The van der Waals surface area contributed by atoms with Gasteiger partial charge in [-0.1, -0.05) is 64.3 Å². The third kappa shape index (κ3) is 5.47. The highest BCUT2D eigenvalue weighted by Gasteiger charge is 2.37. The Balaban J connectivity index is 1.90. The van der Waals surface area contributed by atoms with E-state index >= 15 is 0 Å². The molecular weight excluding hydrogens is 324 g/mol. The Morgan fingerprint density at radius 2 is 2.00 bits per heavy atom. The number of likely N-dealkylation sites (tertiary alicyclic amines) is 1. The lowest BCUT2D eigenvalue weighted by Crippen LogP contribution is -2.47. The molecule has 1 heterocycles. The van der Waals surface area contributed by atoms with Gasteiger partial charge >= 0.3 is 6.09 Å². The predicted molar refractivity (Wildman–Crippen MR) is 107 cm³/mol. The molecule has 0 aliphatic carbocycles. The highest BCUT2D eigenvalue weighted by atomic mass is 16.5. The minimum atomic E-state index is -0.388. The van der Waals surface area contributed by atoms with Crippen molar-refractivity contribution in [1.82, 2.24) is 10.2 Å². The molecule has 4 heteroatoms. The fraction of sp³-hybridized carbons (Fsp3) is 0.682. The van der Waals surface area contributed by atoms with Crippen LogP contribution < -0.4 is 5.32 Å². The number of ether oxygens (including phenoxy) is 1. The minimum Gasteiger partial charge on any atom is -0.453 e. The van der Waals surface area contributed by atoms with E-state index in [1.165, 1.54) is 64.4 Å². The second-order valence-electron chi connectivity index (χ2n) is 7.97. The minimum absolute atomic E-state index is 0.230. The van der Waals surface area contributed by atoms with Gasteiger partial charge in [0.2, 0.25) is 0 Å². The lowest BCUT2D eigenvalue weighted by atomic mass is 9.68. The summed E-state index contributed by atoms with van der Waals surface area (Å²) < 4.78 is 4.62. The van der Waals surface area contributed by atoms with Crippen LogP contribution in [0.5, 0.6) is 0 Å². The van der Waals surface area contributed by atoms with Crippen LogP contribution in [0, 0.1) is 5.92 Å². The van der Waals surface area contributed by atoms with Gasteiger partial charge in [0.1, 0.15) is 0 Å². The summed E-state index contributed by atoms with van der Waals surface area (Å²) in [5.74, 6) is 0.640. The van der Waals surface area contributed by atoms with Gasteiger partial charge in [0, 0.05) is 13.1 Å². The zero-order valence-electron chi connectivity index (χ0n) is 17.0. The maximum absolute atomic E-state index is 11.2. The van der Waals surface area contributed by atoms with Crippen molar-refractivity contribution in [3.05, 3.63) is 35.4 Å². The summed E-state index contributed by atoms with van der Waals surface area (Å²) >= 11 is 0. The molecule has 1 fully saturated rings. The van der Waals surface area contributed by atoms with Crippen molar-refractivity contribution < 1.29 is 9.53 Å². The fourth-order valence-electron chi connectivity index (χ4n) is 3.96. The summed E-state index contributed by atoms with van der Waals surface area (Å²) in [6, 6.07) is 8.73. The van der Waals surface area contributed by atoms with Gasteiger partial charge in [-0.2, -0.15) is 0 Å². The van der Waals surface area contributed by atoms with E-state index in [2.05, 4.69) is 60.0 Å². The quantitative estimate of drug-likeness (QED) is 0.682. The maximum atomic E-state index is 11.2. The average Bonchev–Trinajstić information content (AvgIpc) is 2.66. The zero-order valence-corrected chi connectivity index (χ0v) is 17.0. The van der Waals surface area contributed by atoms with Crippen molar-refractivity contribution in [2.45, 2.75) is 64.8 Å². The van der Waals surface area contributed by atoms with Gasteiger partial charge in [-0.3, -0.25) is 0 Å². The van der Waals surface area contributed by atoms with Crippen molar-refractivity contribution in [3.8, 4) is 0 Å². The summed E-state index contributed by atoms with van der Waals surface area (Å²) in [5.41, 5.74) is 2.75. The highest BCUT2D eigenvalue weighted by Crippen LogP contribution is 2.39. The van der Waals surface area contributed by atoms with Gasteiger partial charge in [0.05, 0.1) is 7.11 Å². The highest BCUT2D eigenvalue weighted by molar-refractivity contribution is 5.66. The van der Waals surface area contributed by atoms with Gasteiger partial charge in [0.25, 0.3) is 0 Å². The first kappa shape index (κ1) is 20.8. The Bertz CT molecular complexity index is 558. The van der Waals surface area contributed by atoms with Gasteiger partial charge in [0.15, 0.2) is 0 Å². The first-order valence-electron chi connectivity index (χ1n) is 10.1. The average molecular weight is 361 g/mol. The SMILES string of the molecule is CCCCCCN1CCC(C)(c2ccc(CNC(=O)OC)cc2)C(C)C1. The number of nitrogens with zero attached hydrogens (tertiary/aromatic N) is 1. The third-order valence-corrected chi connectivity index (χ3v) is 6.13. The summed E-state index contributed by atoms with van der Waals surface area (Å²) in [6.07, 6.45) is 6.18. The molecule has 1 N–H and O–H groups in total.